The predicted octanol–water partition coefficient (Wildman–Crippen LogP) is 1.56. The van der Waals surface area contributed by atoms with Gasteiger partial charge in [-0.2, -0.15) is 5.10 Å². The van der Waals surface area contributed by atoms with E-state index in [0.29, 0.717) is 37.0 Å². The van der Waals surface area contributed by atoms with Gasteiger partial charge in [0, 0.05) is 31.4 Å². The number of carbonyl (C=O) groups is 2. The summed E-state index contributed by atoms with van der Waals surface area (Å²) < 4.78 is 0. The molecule has 1 aliphatic rings. The van der Waals surface area contributed by atoms with E-state index >= 15 is 0 Å². The molecule has 1 saturated heterocycles. The molecule has 3 heterocycles. The molecule has 2 amide bonds. The van der Waals surface area contributed by atoms with Crippen molar-refractivity contribution in [3.63, 3.8) is 0 Å². The van der Waals surface area contributed by atoms with Gasteiger partial charge < -0.3 is 10.2 Å². The van der Waals surface area contributed by atoms with Gasteiger partial charge in [0.1, 0.15) is 5.82 Å². The molecule has 144 valence electrons. The summed E-state index contributed by atoms with van der Waals surface area (Å²) in [4.78, 5) is 35.3. The number of nitrogens with zero attached hydrogens (tertiary/aromatic N) is 4. The van der Waals surface area contributed by atoms with E-state index in [1.165, 1.54) is 0 Å². The number of carbonyl (C=O) groups excluding carboxylic acids is 2. The van der Waals surface area contributed by atoms with Crippen molar-refractivity contribution in [2.45, 2.75) is 52.1 Å². The third-order valence-corrected chi connectivity index (χ3v) is 4.60. The summed E-state index contributed by atoms with van der Waals surface area (Å²) in [5.74, 6) is 1.61. The number of nitrogens with one attached hydrogen (secondary N) is 2. The van der Waals surface area contributed by atoms with Crippen LogP contribution in [-0.4, -0.2) is 49.5 Å². The summed E-state index contributed by atoms with van der Waals surface area (Å²) in [6.07, 6.45) is 4.74. The first-order valence-corrected chi connectivity index (χ1v) is 9.29. The molecule has 27 heavy (non-hydrogen) atoms. The summed E-state index contributed by atoms with van der Waals surface area (Å²) >= 11 is 0. The smallest absolute Gasteiger partial charge is 0.227 e. The number of aromatic amines is 1. The van der Waals surface area contributed by atoms with E-state index in [1.54, 1.807) is 17.3 Å². The molecule has 0 aliphatic carbocycles. The molecule has 2 aromatic rings. The normalized spacial score (nSPS) is 19.5. The van der Waals surface area contributed by atoms with Gasteiger partial charge in [0.25, 0.3) is 0 Å². The van der Waals surface area contributed by atoms with Crippen LogP contribution in [0.4, 0.5) is 0 Å². The van der Waals surface area contributed by atoms with Gasteiger partial charge in [0.05, 0.1) is 12.5 Å². The van der Waals surface area contributed by atoms with Gasteiger partial charge in [-0.25, -0.2) is 4.98 Å². The lowest BCUT2D eigenvalue weighted by Crippen LogP contribution is -2.39. The third kappa shape index (κ3) is 4.90. The fourth-order valence-corrected chi connectivity index (χ4v) is 3.40. The van der Waals surface area contributed by atoms with E-state index in [9.17, 15) is 9.59 Å². The number of aromatic nitrogens is 4. The van der Waals surface area contributed by atoms with Gasteiger partial charge in [-0.1, -0.05) is 13.8 Å². The quantitative estimate of drug-likeness (QED) is 0.803. The van der Waals surface area contributed by atoms with Crippen molar-refractivity contribution in [1.29, 1.82) is 0 Å². The van der Waals surface area contributed by atoms with E-state index in [4.69, 9.17) is 0 Å². The zero-order chi connectivity index (χ0) is 19.4. The molecule has 0 bridgehead atoms. The van der Waals surface area contributed by atoms with E-state index < -0.39 is 0 Å². The van der Waals surface area contributed by atoms with Crippen LogP contribution in [-0.2, 0) is 16.0 Å². The maximum Gasteiger partial charge on any atom is 0.227 e. The number of pyridine rings is 1. The molecule has 0 unspecified atom stereocenters. The van der Waals surface area contributed by atoms with Crippen LogP contribution < -0.4 is 5.32 Å². The first kappa shape index (κ1) is 19.0. The maximum atomic E-state index is 12.9. The van der Waals surface area contributed by atoms with Crippen molar-refractivity contribution >= 4 is 11.8 Å². The second-order valence-corrected chi connectivity index (χ2v) is 7.47. The lowest BCUT2D eigenvalue weighted by molar-refractivity contribution is -0.132. The SMILES string of the molecule is Cc1nc([C@@H]2C[C@H](NC(=O)CC(C)C)CN2C(=O)Cc2ccncc2)n[nH]1. The van der Waals surface area contributed by atoms with Gasteiger partial charge in [-0.15, -0.1) is 0 Å². The second kappa shape index (κ2) is 8.28. The van der Waals surface area contributed by atoms with Crippen LogP contribution in [0.1, 0.15) is 49.9 Å². The lowest BCUT2D eigenvalue weighted by atomic mass is 10.1. The Morgan fingerprint density at radius 2 is 2.07 bits per heavy atom. The Kier molecular flexibility index (Phi) is 5.83. The minimum atomic E-state index is -0.242. The van der Waals surface area contributed by atoms with Crippen molar-refractivity contribution in [3.8, 4) is 0 Å². The van der Waals surface area contributed by atoms with E-state index in [0.717, 1.165) is 5.56 Å². The second-order valence-electron chi connectivity index (χ2n) is 7.47. The third-order valence-electron chi connectivity index (χ3n) is 4.60. The van der Waals surface area contributed by atoms with Crippen molar-refractivity contribution in [2.24, 2.45) is 5.92 Å². The number of aryl methyl sites for hydroxylation is 1. The van der Waals surface area contributed by atoms with Gasteiger partial charge >= 0.3 is 0 Å². The number of amides is 2. The Morgan fingerprint density at radius 3 is 2.70 bits per heavy atom. The van der Waals surface area contributed by atoms with Crippen LogP contribution in [0.2, 0.25) is 0 Å². The molecule has 8 heteroatoms. The molecule has 3 rings (SSSR count). The summed E-state index contributed by atoms with van der Waals surface area (Å²) in [7, 11) is 0. The summed E-state index contributed by atoms with van der Waals surface area (Å²) in [5.41, 5.74) is 0.909. The van der Waals surface area contributed by atoms with Crippen LogP contribution in [0.15, 0.2) is 24.5 Å². The van der Waals surface area contributed by atoms with Crippen LogP contribution in [0, 0.1) is 12.8 Å². The summed E-state index contributed by atoms with van der Waals surface area (Å²) in [5, 5.41) is 10.1. The zero-order valence-corrected chi connectivity index (χ0v) is 16.0. The average molecular weight is 370 g/mol. The van der Waals surface area contributed by atoms with Crippen molar-refractivity contribution in [1.82, 2.24) is 30.4 Å². The van der Waals surface area contributed by atoms with Gasteiger partial charge in [0.15, 0.2) is 5.82 Å². The molecule has 8 nitrogen and oxygen atoms in total. The van der Waals surface area contributed by atoms with Crippen LogP contribution >= 0.6 is 0 Å². The van der Waals surface area contributed by atoms with Crippen LogP contribution in [0.5, 0.6) is 0 Å². The highest BCUT2D eigenvalue weighted by molar-refractivity contribution is 5.80. The Balaban J connectivity index is 1.74. The molecule has 0 aromatic carbocycles. The molecule has 2 atom stereocenters. The highest BCUT2D eigenvalue weighted by atomic mass is 16.2. The van der Waals surface area contributed by atoms with E-state index in [2.05, 4.69) is 25.5 Å². The fraction of sp³-hybridized carbons (Fsp3) is 0.526. The number of hydrogen-bond donors (Lipinski definition) is 2. The number of hydrogen-bond acceptors (Lipinski definition) is 5. The maximum absolute atomic E-state index is 12.9. The lowest BCUT2D eigenvalue weighted by Gasteiger charge is -2.22. The van der Waals surface area contributed by atoms with E-state index in [1.807, 2.05) is 32.9 Å². The molecule has 0 spiro atoms. The summed E-state index contributed by atoms with van der Waals surface area (Å²) in [6.45, 7) is 6.32. The van der Waals surface area contributed by atoms with Gasteiger partial charge in [0.2, 0.25) is 11.8 Å². The highest BCUT2D eigenvalue weighted by Crippen LogP contribution is 2.31. The molecule has 2 aromatic heterocycles. The number of likely N-dealkylation sites (tertiary alicyclic amines) is 1. The zero-order valence-electron chi connectivity index (χ0n) is 16.0. The molecular formula is C19H26N6O2. The molecule has 1 fully saturated rings. The predicted molar refractivity (Wildman–Crippen MR) is 99.5 cm³/mol. The Hall–Kier alpha value is -2.77. The summed E-state index contributed by atoms with van der Waals surface area (Å²) in [6, 6.07) is 3.33. The van der Waals surface area contributed by atoms with Gasteiger partial charge in [-0.05, 0) is 37.0 Å². The molecule has 1 aliphatic heterocycles. The minimum absolute atomic E-state index is 0.00531. The number of rotatable bonds is 6. The Labute approximate surface area is 158 Å². The van der Waals surface area contributed by atoms with Gasteiger partial charge in [-0.3, -0.25) is 19.7 Å². The van der Waals surface area contributed by atoms with Crippen molar-refractivity contribution in [2.75, 3.05) is 6.54 Å². The standard InChI is InChI=1S/C19H26N6O2/c1-12(2)8-17(26)22-15-10-16(19-21-13(3)23-24-19)25(11-15)18(27)9-14-4-6-20-7-5-14/h4-7,12,15-16H,8-11H2,1-3H3,(H,22,26)(H,21,23,24)/t15-,16-/m0/s1. The van der Waals surface area contributed by atoms with Crippen LogP contribution in [0.25, 0.3) is 0 Å². The van der Waals surface area contributed by atoms with Crippen LogP contribution in [0.3, 0.4) is 0 Å². The first-order valence-electron chi connectivity index (χ1n) is 9.29. The Bertz CT molecular complexity index is 789. The highest BCUT2D eigenvalue weighted by Gasteiger charge is 2.38. The largest absolute Gasteiger partial charge is 0.351 e. The first-order chi connectivity index (χ1) is 12.9. The molecular weight excluding hydrogens is 344 g/mol. The van der Waals surface area contributed by atoms with Crippen molar-refractivity contribution < 1.29 is 9.59 Å². The topological polar surface area (TPSA) is 104 Å². The van der Waals surface area contributed by atoms with E-state index in [-0.39, 0.29) is 30.3 Å². The molecule has 0 radical (unpaired) electrons. The number of H-pyrrole nitrogens is 1. The monoisotopic (exact) mass is 370 g/mol. The molecule has 2 N–H and O–H groups in total. The fourth-order valence-electron chi connectivity index (χ4n) is 3.40. The minimum Gasteiger partial charge on any atom is -0.351 e. The van der Waals surface area contributed by atoms with Crippen molar-refractivity contribution in [3.05, 3.63) is 41.7 Å². The average Bonchev–Trinajstić information content (AvgIpc) is 3.21. The Morgan fingerprint density at radius 1 is 1.33 bits per heavy atom. The molecule has 0 saturated carbocycles.